The predicted molar refractivity (Wildman–Crippen MR) is 110 cm³/mol. The summed E-state index contributed by atoms with van der Waals surface area (Å²) in [7, 11) is 0. The maximum absolute atomic E-state index is 12.8. The number of aromatic amines is 1. The molecule has 1 aromatic carbocycles. The number of allylic oxidation sites excluding steroid dienone is 1. The number of hydrogen-bond donors (Lipinski definition) is 2. The van der Waals surface area contributed by atoms with E-state index in [1.165, 1.54) is 0 Å². The van der Waals surface area contributed by atoms with Crippen LogP contribution in [-0.2, 0) is 11.3 Å². The van der Waals surface area contributed by atoms with Crippen molar-refractivity contribution < 1.29 is 9.53 Å². The lowest BCUT2D eigenvalue weighted by Gasteiger charge is -2.23. The first-order chi connectivity index (χ1) is 14.6. The summed E-state index contributed by atoms with van der Waals surface area (Å²) in [4.78, 5) is 14.7. The molecule has 5 rings (SSSR count). The van der Waals surface area contributed by atoms with Crippen LogP contribution in [0.4, 0.5) is 0 Å². The van der Waals surface area contributed by atoms with E-state index in [1.807, 2.05) is 46.9 Å². The summed E-state index contributed by atoms with van der Waals surface area (Å²) in [6.45, 7) is 3.80. The van der Waals surface area contributed by atoms with Gasteiger partial charge in [0.05, 0.1) is 5.92 Å². The van der Waals surface area contributed by atoms with Crippen molar-refractivity contribution in [1.29, 1.82) is 5.26 Å². The van der Waals surface area contributed by atoms with E-state index in [0.29, 0.717) is 11.5 Å². The third kappa shape index (κ3) is 2.74. The maximum Gasteiger partial charge on any atom is 0.244 e. The quantitative estimate of drug-likeness (QED) is 0.699. The van der Waals surface area contributed by atoms with E-state index in [1.54, 1.807) is 0 Å². The van der Waals surface area contributed by atoms with Gasteiger partial charge in [-0.2, -0.15) is 5.26 Å². The largest absolute Gasteiger partial charge is 0.420 e. The number of rotatable bonds is 3. The number of aromatic nitrogens is 3. The fourth-order valence-electron chi connectivity index (χ4n) is 4.56. The molecule has 3 N–H and O–H groups in total. The number of nitrogens with one attached hydrogen (secondary N) is 1. The second-order valence-corrected chi connectivity index (χ2v) is 7.81. The summed E-state index contributed by atoms with van der Waals surface area (Å²) in [5.74, 6) is 0.151. The highest BCUT2D eigenvalue weighted by Gasteiger charge is 2.36. The first-order valence-electron chi connectivity index (χ1n) is 10.1. The van der Waals surface area contributed by atoms with E-state index in [0.717, 1.165) is 53.7 Å². The highest BCUT2D eigenvalue weighted by Crippen LogP contribution is 2.45. The average Bonchev–Trinajstić information content (AvgIpc) is 3.47. The van der Waals surface area contributed by atoms with Gasteiger partial charge in [-0.05, 0) is 31.4 Å². The van der Waals surface area contributed by atoms with Gasteiger partial charge in [-0.15, -0.1) is 5.10 Å². The summed E-state index contributed by atoms with van der Waals surface area (Å²) in [5.41, 5.74) is 9.90. The highest BCUT2D eigenvalue weighted by atomic mass is 16.5. The van der Waals surface area contributed by atoms with Gasteiger partial charge in [0.25, 0.3) is 0 Å². The Morgan fingerprint density at radius 1 is 1.37 bits per heavy atom. The monoisotopic (exact) mass is 402 g/mol. The molecule has 0 bridgehead atoms. The van der Waals surface area contributed by atoms with Crippen LogP contribution in [0.15, 0.2) is 41.9 Å². The van der Waals surface area contributed by atoms with Gasteiger partial charge < -0.3 is 19.9 Å². The van der Waals surface area contributed by atoms with Gasteiger partial charge in [0.1, 0.15) is 18.2 Å². The lowest BCUT2D eigenvalue weighted by molar-refractivity contribution is -0.130. The van der Waals surface area contributed by atoms with Gasteiger partial charge in [-0.1, -0.05) is 18.2 Å². The van der Waals surface area contributed by atoms with Crippen molar-refractivity contribution in [3.63, 3.8) is 0 Å². The number of fused-ring (bicyclic) bond motifs is 2. The van der Waals surface area contributed by atoms with Crippen molar-refractivity contribution in [2.45, 2.75) is 32.2 Å². The number of hydrogen-bond acceptors (Lipinski definition) is 5. The molecule has 1 saturated heterocycles. The van der Waals surface area contributed by atoms with Crippen LogP contribution in [0.1, 0.15) is 35.6 Å². The van der Waals surface area contributed by atoms with Crippen LogP contribution in [0.5, 0.6) is 5.88 Å². The van der Waals surface area contributed by atoms with Gasteiger partial charge in [-0.25, -0.2) is 0 Å². The molecule has 2 aliphatic heterocycles. The first-order valence-corrected chi connectivity index (χ1v) is 10.1. The molecule has 1 fully saturated rings. The molecule has 8 heteroatoms. The SMILES string of the molecule is Cc1[nH]nc2c1C(c1cn(CC(=O)N3CCCC3)c3ccccc13)C(C#N)=C(N)O2. The minimum absolute atomic E-state index is 0.0616. The molecule has 0 radical (unpaired) electrons. The van der Waals surface area contributed by atoms with Crippen molar-refractivity contribution in [3.8, 4) is 11.9 Å². The number of amides is 1. The summed E-state index contributed by atoms with van der Waals surface area (Å²) in [6.07, 6.45) is 4.09. The van der Waals surface area contributed by atoms with Gasteiger partial charge in [0.15, 0.2) is 0 Å². The molecular formula is C22H22N6O2. The zero-order chi connectivity index (χ0) is 20.8. The topological polar surface area (TPSA) is 113 Å². The molecule has 0 saturated carbocycles. The third-order valence-electron chi connectivity index (χ3n) is 6.02. The molecule has 8 nitrogen and oxygen atoms in total. The van der Waals surface area contributed by atoms with E-state index in [9.17, 15) is 10.1 Å². The van der Waals surface area contributed by atoms with E-state index >= 15 is 0 Å². The number of aryl methyl sites for hydroxylation is 1. The van der Waals surface area contributed by atoms with Gasteiger partial charge in [0.2, 0.25) is 17.7 Å². The zero-order valence-corrected chi connectivity index (χ0v) is 16.7. The molecule has 2 aromatic heterocycles. The summed E-state index contributed by atoms with van der Waals surface area (Å²) in [6, 6.07) is 10.1. The van der Waals surface area contributed by atoms with Crippen molar-refractivity contribution in [2.75, 3.05) is 13.1 Å². The standard InChI is InChI=1S/C22H22N6O2/c1-13-19-20(15(10-23)21(24)30-22(19)26-25-13)16-11-28(17-7-3-2-6-14(16)17)12-18(29)27-8-4-5-9-27/h2-3,6-7,11,20H,4-5,8-9,12,24H2,1H3,(H,25,26). The van der Waals surface area contributed by atoms with Crippen molar-refractivity contribution >= 4 is 16.8 Å². The molecular weight excluding hydrogens is 380 g/mol. The molecule has 4 heterocycles. The minimum atomic E-state index is -0.412. The van der Waals surface area contributed by atoms with Gasteiger partial charge in [-0.3, -0.25) is 9.89 Å². The van der Waals surface area contributed by atoms with Crippen LogP contribution < -0.4 is 10.5 Å². The Hall–Kier alpha value is -3.73. The molecule has 0 spiro atoms. The Bertz CT molecular complexity index is 1220. The van der Waals surface area contributed by atoms with Crippen LogP contribution in [-0.4, -0.2) is 38.7 Å². The Balaban J connectivity index is 1.65. The molecule has 30 heavy (non-hydrogen) atoms. The first kappa shape index (κ1) is 18.3. The summed E-state index contributed by atoms with van der Waals surface area (Å²) in [5, 5.41) is 18.0. The van der Waals surface area contributed by atoms with E-state index in [4.69, 9.17) is 10.5 Å². The number of ether oxygens (including phenoxy) is 1. The molecule has 1 amide bonds. The number of nitriles is 1. The average molecular weight is 402 g/mol. The molecule has 1 unspecified atom stereocenters. The molecule has 2 aliphatic rings. The summed E-state index contributed by atoms with van der Waals surface area (Å²) < 4.78 is 7.56. The van der Waals surface area contributed by atoms with Crippen molar-refractivity contribution in [2.24, 2.45) is 5.73 Å². The Kier molecular flexibility index (Phi) is 4.24. The minimum Gasteiger partial charge on any atom is -0.420 e. The van der Waals surface area contributed by atoms with E-state index in [-0.39, 0.29) is 18.3 Å². The Morgan fingerprint density at radius 3 is 2.90 bits per heavy atom. The van der Waals surface area contributed by atoms with Crippen LogP contribution >= 0.6 is 0 Å². The number of benzene rings is 1. The Morgan fingerprint density at radius 2 is 2.13 bits per heavy atom. The van der Waals surface area contributed by atoms with Crippen LogP contribution in [0, 0.1) is 18.3 Å². The number of H-pyrrole nitrogens is 1. The van der Waals surface area contributed by atoms with Crippen molar-refractivity contribution in [3.05, 3.63) is 58.7 Å². The normalized spacial score (nSPS) is 18.4. The second-order valence-electron chi connectivity index (χ2n) is 7.81. The third-order valence-corrected chi connectivity index (χ3v) is 6.02. The molecule has 0 aliphatic carbocycles. The number of carbonyl (C=O) groups is 1. The predicted octanol–water partition coefficient (Wildman–Crippen LogP) is 2.51. The maximum atomic E-state index is 12.8. The molecule has 1 atom stereocenters. The summed E-state index contributed by atoms with van der Waals surface area (Å²) >= 11 is 0. The number of carbonyl (C=O) groups excluding carboxylic acids is 1. The van der Waals surface area contributed by atoms with E-state index in [2.05, 4.69) is 16.3 Å². The van der Waals surface area contributed by atoms with Crippen molar-refractivity contribution in [1.82, 2.24) is 19.7 Å². The molecule has 3 aromatic rings. The number of para-hydroxylation sites is 1. The number of likely N-dealkylation sites (tertiary alicyclic amines) is 1. The number of nitrogens with two attached hydrogens (primary N) is 1. The van der Waals surface area contributed by atoms with Crippen LogP contribution in [0.2, 0.25) is 0 Å². The number of nitrogens with zero attached hydrogens (tertiary/aromatic N) is 4. The zero-order valence-electron chi connectivity index (χ0n) is 16.7. The molecule has 152 valence electrons. The van der Waals surface area contributed by atoms with E-state index < -0.39 is 5.92 Å². The lowest BCUT2D eigenvalue weighted by Crippen LogP contribution is -2.30. The Labute approximate surface area is 173 Å². The fourth-order valence-corrected chi connectivity index (χ4v) is 4.56. The van der Waals surface area contributed by atoms with Gasteiger partial charge >= 0.3 is 0 Å². The van der Waals surface area contributed by atoms with Crippen LogP contribution in [0.3, 0.4) is 0 Å². The lowest BCUT2D eigenvalue weighted by atomic mass is 9.84. The smallest absolute Gasteiger partial charge is 0.244 e. The van der Waals surface area contributed by atoms with Crippen LogP contribution in [0.25, 0.3) is 10.9 Å². The van der Waals surface area contributed by atoms with Gasteiger partial charge in [0, 0.05) is 41.4 Å². The fraction of sp³-hybridized carbons (Fsp3) is 0.318. The highest BCUT2D eigenvalue weighted by molar-refractivity contribution is 5.88. The second kappa shape index (κ2) is 6.95.